The van der Waals surface area contributed by atoms with Gasteiger partial charge in [-0.3, -0.25) is 0 Å². The predicted molar refractivity (Wildman–Crippen MR) is 202 cm³/mol. The molecular formula is C42H35BO2Sn2. The fourth-order valence-corrected chi connectivity index (χ4v) is 29.6. The van der Waals surface area contributed by atoms with Gasteiger partial charge in [-0.25, -0.2) is 0 Å². The van der Waals surface area contributed by atoms with Crippen molar-refractivity contribution in [3.05, 3.63) is 212 Å². The zero-order valence-electron chi connectivity index (χ0n) is 26.1. The first kappa shape index (κ1) is 31.7. The van der Waals surface area contributed by atoms with Crippen LogP contribution in [-0.2, 0) is 5.98 Å². The van der Waals surface area contributed by atoms with E-state index in [4.69, 9.17) is 5.98 Å². The Morgan fingerprint density at radius 2 is 0.447 bits per heavy atom. The molecule has 0 aromatic heterocycles. The van der Waals surface area contributed by atoms with Crippen LogP contribution < -0.4 is 26.9 Å². The fraction of sp³-hybridized carbons (Fsp3) is 0. The van der Waals surface area contributed by atoms with Gasteiger partial charge in [-0.2, -0.15) is 0 Å². The minimum absolute atomic E-state index is 0.635. The average molecular weight is 820 g/mol. The Kier molecular flexibility index (Phi) is 10.1. The Hall–Kier alpha value is -3.88. The summed E-state index contributed by atoms with van der Waals surface area (Å²) in [5, 5.41) is 0. The number of hydrogen-bond acceptors (Lipinski definition) is 2. The molecule has 0 bridgehead atoms. The number of benzene rings is 7. The van der Waals surface area contributed by atoms with Crippen molar-refractivity contribution in [3.8, 4) is 0 Å². The molecule has 0 heterocycles. The van der Waals surface area contributed by atoms with Crippen molar-refractivity contribution in [3.63, 3.8) is 0 Å². The summed E-state index contributed by atoms with van der Waals surface area (Å²) in [6.45, 7) is 0. The molecule has 0 aliphatic rings. The van der Waals surface area contributed by atoms with Gasteiger partial charge in [-0.1, -0.05) is 0 Å². The molecule has 0 amide bonds. The normalized spacial score (nSPS) is 11.6. The topological polar surface area (TPSA) is 18.5 Å². The third kappa shape index (κ3) is 6.50. The van der Waals surface area contributed by atoms with E-state index in [9.17, 15) is 0 Å². The molecule has 0 spiro atoms. The van der Waals surface area contributed by atoms with Crippen LogP contribution in [0.1, 0.15) is 0 Å². The number of rotatable bonds is 11. The van der Waals surface area contributed by atoms with Crippen LogP contribution in [0.25, 0.3) is 0 Å². The van der Waals surface area contributed by atoms with Gasteiger partial charge in [0, 0.05) is 0 Å². The molecule has 7 aromatic carbocycles. The zero-order chi connectivity index (χ0) is 31.8. The summed E-state index contributed by atoms with van der Waals surface area (Å²) in [5.74, 6) is 0. The van der Waals surface area contributed by atoms with Gasteiger partial charge < -0.3 is 0 Å². The quantitative estimate of drug-likeness (QED) is 0.176. The Balaban J connectivity index is 1.51. The second-order valence-electron chi connectivity index (χ2n) is 11.5. The van der Waals surface area contributed by atoms with Gasteiger partial charge in [-0.05, 0) is 0 Å². The third-order valence-electron chi connectivity index (χ3n) is 8.72. The van der Waals surface area contributed by atoms with Crippen LogP contribution in [0, 0.1) is 0 Å². The fourth-order valence-electron chi connectivity index (χ4n) is 6.54. The van der Waals surface area contributed by atoms with Crippen LogP contribution in [0.2, 0.25) is 0 Å². The molecule has 0 aliphatic heterocycles. The molecule has 0 aliphatic carbocycles. The molecule has 5 heteroatoms. The van der Waals surface area contributed by atoms with Gasteiger partial charge in [0.05, 0.1) is 0 Å². The van der Waals surface area contributed by atoms with Gasteiger partial charge in [0.15, 0.2) is 0 Å². The van der Waals surface area contributed by atoms with E-state index in [1.807, 2.05) is 0 Å². The Morgan fingerprint density at radius 1 is 0.255 bits per heavy atom. The van der Waals surface area contributed by atoms with E-state index in [2.05, 4.69) is 212 Å². The molecule has 7 aromatic rings. The van der Waals surface area contributed by atoms with E-state index < -0.39 is 44.7 Å². The van der Waals surface area contributed by atoms with Crippen molar-refractivity contribution in [1.29, 1.82) is 0 Å². The second kappa shape index (κ2) is 14.9. The maximum absolute atomic E-state index is 7.94. The van der Waals surface area contributed by atoms with Crippen LogP contribution >= 0.6 is 0 Å². The van der Waals surface area contributed by atoms with E-state index in [0.29, 0.717) is 0 Å². The first-order chi connectivity index (χ1) is 23.3. The van der Waals surface area contributed by atoms with E-state index in [1.165, 1.54) is 21.5 Å². The van der Waals surface area contributed by atoms with Crippen LogP contribution in [0.3, 0.4) is 0 Å². The van der Waals surface area contributed by atoms with Crippen LogP contribution in [0.15, 0.2) is 212 Å². The Labute approximate surface area is 287 Å². The van der Waals surface area contributed by atoms with Crippen LogP contribution in [0.5, 0.6) is 0 Å². The Bertz CT molecular complexity index is 1640. The van der Waals surface area contributed by atoms with E-state index in [0.717, 1.165) is 5.46 Å². The predicted octanol–water partition coefficient (Wildman–Crippen LogP) is 4.75. The summed E-state index contributed by atoms with van der Waals surface area (Å²) in [7, 11) is -0.635. The van der Waals surface area contributed by atoms with Gasteiger partial charge >= 0.3 is 290 Å². The summed E-state index contributed by atoms with van der Waals surface area (Å²) in [6.07, 6.45) is 0. The molecule has 47 heavy (non-hydrogen) atoms. The van der Waals surface area contributed by atoms with E-state index in [1.54, 1.807) is 0 Å². The average Bonchev–Trinajstić information content (AvgIpc) is 3.18. The molecule has 0 radical (unpaired) electrons. The van der Waals surface area contributed by atoms with Crippen molar-refractivity contribution in [2.45, 2.75) is 0 Å². The second-order valence-corrected chi connectivity index (χ2v) is 30.5. The van der Waals surface area contributed by atoms with Gasteiger partial charge in [0.1, 0.15) is 0 Å². The van der Waals surface area contributed by atoms with Crippen LogP contribution in [-0.4, -0.2) is 44.7 Å². The minimum atomic E-state index is -4.28. The summed E-state index contributed by atoms with van der Waals surface area (Å²) in [6, 6.07) is 75.7. The summed E-state index contributed by atoms with van der Waals surface area (Å²) in [4.78, 5) is 0. The number of hydrogen-bond donors (Lipinski definition) is 0. The van der Waals surface area contributed by atoms with Gasteiger partial charge in [-0.15, -0.1) is 0 Å². The third-order valence-corrected chi connectivity index (χ3v) is 31.6. The van der Waals surface area contributed by atoms with Crippen molar-refractivity contribution < 1.29 is 5.98 Å². The summed E-state index contributed by atoms with van der Waals surface area (Å²) < 4.78 is 23.3. The molecule has 0 saturated carbocycles. The van der Waals surface area contributed by atoms with Gasteiger partial charge in [0.25, 0.3) is 0 Å². The first-order valence-electron chi connectivity index (χ1n) is 16.0. The molecule has 0 unspecified atom stereocenters. The molecule has 0 atom stereocenters. The molecule has 7 rings (SSSR count). The SMILES string of the molecule is c1ccc(B([O][Sn]([c]2ccccc2)([c]2ccccc2)[c]2ccccc2)[O][Sn]([c]2ccccc2)([c]2ccccc2)[c]2ccccc2)cc1. The molecule has 226 valence electrons. The molecule has 2 nitrogen and oxygen atoms in total. The first-order valence-corrected chi connectivity index (χ1v) is 26.9. The molecule has 0 fully saturated rings. The zero-order valence-corrected chi connectivity index (χ0v) is 31.8. The van der Waals surface area contributed by atoms with Crippen molar-refractivity contribution in [2.24, 2.45) is 0 Å². The van der Waals surface area contributed by atoms with E-state index in [-0.39, 0.29) is 0 Å². The molecular weight excluding hydrogens is 785 g/mol. The van der Waals surface area contributed by atoms with Crippen molar-refractivity contribution >= 4 is 71.6 Å². The molecule has 0 N–H and O–H groups in total. The monoisotopic (exact) mass is 822 g/mol. The van der Waals surface area contributed by atoms with E-state index >= 15 is 0 Å². The van der Waals surface area contributed by atoms with Crippen molar-refractivity contribution in [1.82, 2.24) is 0 Å². The Morgan fingerprint density at radius 3 is 0.660 bits per heavy atom. The maximum atomic E-state index is 7.94. The van der Waals surface area contributed by atoms with Crippen molar-refractivity contribution in [2.75, 3.05) is 0 Å². The molecule has 0 saturated heterocycles. The van der Waals surface area contributed by atoms with Gasteiger partial charge in [0.2, 0.25) is 0 Å². The standard InChI is InChI=1S/C6H5BO2.6C6H5.2Sn/c8-7(9)6-4-2-1-3-5-6;6*1-2-4-6-5-3-1;;/h1-5H;6*1-5H;;/q-2;;;;;;;2*+1. The van der Waals surface area contributed by atoms with Crippen LogP contribution in [0.4, 0.5) is 0 Å². The summed E-state index contributed by atoms with van der Waals surface area (Å²) >= 11 is -8.56. The summed E-state index contributed by atoms with van der Waals surface area (Å²) in [5.41, 5.74) is 1.01.